The minimum Gasteiger partial charge on any atom is -0.294 e. The van der Waals surface area contributed by atoms with E-state index in [1.165, 1.54) is 17.6 Å². The van der Waals surface area contributed by atoms with Crippen LogP contribution in [0, 0.1) is 0 Å². The van der Waals surface area contributed by atoms with Crippen molar-refractivity contribution in [1.82, 2.24) is 0 Å². The van der Waals surface area contributed by atoms with E-state index in [1.807, 2.05) is 0 Å². The molecule has 0 aliphatic carbocycles. The summed E-state index contributed by atoms with van der Waals surface area (Å²) >= 11 is 4.72. The van der Waals surface area contributed by atoms with Gasteiger partial charge in [0.05, 0.1) is 9.54 Å². The molecule has 1 rings (SSSR count). The van der Waals surface area contributed by atoms with Gasteiger partial charge in [0.1, 0.15) is 9.84 Å². The van der Waals surface area contributed by atoms with Crippen LogP contribution in [0.25, 0.3) is 0 Å². The zero-order chi connectivity index (χ0) is 11.5. The monoisotopic (exact) mass is 310 g/mol. The normalized spacial score (nSPS) is 11.6. The standard InChI is InChI=1S/C9H11BrO3S2/c1-15(12,13)4-2-3-8(11)7-5-9(10)14-6-7/h5-6H,2-4H2,1H3. The third-order valence-electron chi connectivity index (χ3n) is 1.81. The maximum Gasteiger partial charge on any atom is 0.163 e. The molecule has 0 spiro atoms. The molecule has 0 N–H and O–H groups in total. The summed E-state index contributed by atoms with van der Waals surface area (Å²) in [6.07, 6.45) is 1.86. The van der Waals surface area contributed by atoms with E-state index >= 15 is 0 Å². The van der Waals surface area contributed by atoms with Crippen molar-refractivity contribution in [3.05, 3.63) is 20.8 Å². The van der Waals surface area contributed by atoms with Gasteiger partial charge in [-0.05, 0) is 28.4 Å². The van der Waals surface area contributed by atoms with Gasteiger partial charge < -0.3 is 0 Å². The lowest BCUT2D eigenvalue weighted by molar-refractivity contribution is 0.0982. The number of hydrogen-bond acceptors (Lipinski definition) is 4. The largest absolute Gasteiger partial charge is 0.294 e. The Kier molecular flexibility index (Phi) is 4.48. The number of ketones is 1. The molecule has 1 aromatic rings. The van der Waals surface area contributed by atoms with Crippen LogP contribution in [0.5, 0.6) is 0 Å². The second kappa shape index (κ2) is 5.23. The maximum atomic E-state index is 11.5. The average molecular weight is 311 g/mol. The first-order valence-electron chi connectivity index (χ1n) is 4.33. The highest BCUT2D eigenvalue weighted by Crippen LogP contribution is 2.21. The number of Topliss-reactive ketones (excluding diaryl/α,β-unsaturated/α-hetero) is 1. The molecule has 0 aromatic carbocycles. The van der Waals surface area contributed by atoms with Crippen LogP contribution in [0.2, 0.25) is 0 Å². The summed E-state index contributed by atoms with van der Waals surface area (Å²) in [5, 5.41) is 1.77. The molecule has 1 heterocycles. The molecule has 0 radical (unpaired) electrons. The minimum atomic E-state index is -2.96. The number of hydrogen-bond donors (Lipinski definition) is 0. The Morgan fingerprint density at radius 3 is 2.67 bits per heavy atom. The molecule has 1 aromatic heterocycles. The van der Waals surface area contributed by atoms with Crippen molar-refractivity contribution in [2.45, 2.75) is 12.8 Å². The quantitative estimate of drug-likeness (QED) is 0.785. The van der Waals surface area contributed by atoms with E-state index < -0.39 is 9.84 Å². The molecule has 0 bridgehead atoms. The van der Waals surface area contributed by atoms with Gasteiger partial charge in [-0.3, -0.25) is 4.79 Å². The Morgan fingerprint density at radius 1 is 1.53 bits per heavy atom. The Labute approximate surface area is 102 Å². The van der Waals surface area contributed by atoms with E-state index in [0.717, 1.165) is 3.79 Å². The predicted octanol–water partition coefficient (Wildman–Crippen LogP) is 2.52. The number of halogens is 1. The van der Waals surface area contributed by atoms with Crippen LogP contribution >= 0.6 is 27.3 Å². The summed E-state index contributed by atoms with van der Waals surface area (Å²) < 4.78 is 22.6. The lowest BCUT2D eigenvalue weighted by Gasteiger charge is -1.97. The summed E-state index contributed by atoms with van der Waals surface area (Å²) in [7, 11) is -2.96. The lowest BCUT2D eigenvalue weighted by atomic mass is 10.1. The number of carbonyl (C=O) groups excluding carboxylic acids is 1. The first kappa shape index (κ1) is 12.9. The summed E-state index contributed by atoms with van der Waals surface area (Å²) in [6.45, 7) is 0. The fraction of sp³-hybridized carbons (Fsp3) is 0.444. The molecule has 0 aliphatic rings. The van der Waals surface area contributed by atoms with Crippen molar-refractivity contribution < 1.29 is 13.2 Å². The molecule has 0 atom stereocenters. The summed E-state index contributed by atoms with van der Waals surface area (Å²) in [4.78, 5) is 11.5. The van der Waals surface area contributed by atoms with Crippen LogP contribution in [0.4, 0.5) is 0 Å². The zero-order valence-electron chi connectivity index (χ0n) is 8.20. The number of rotatable bonds is 5. The van der Waals surface area contributed by atoms with Gasteiger partial charge in [-0.25, -0.2) is 8.42 Å². The molecule has 0 amide bonds. The number of sulfone groups is 1. The Hall–Kier alpha value is -0.200. The third-order valence-corrected chi connectivity index (χ3v) is 4.34. The van der Waals surface area contributed by atoms with Crippen molar-refractivity contribution in [3.63, 3.8) is 0 Å². The van der Waals surface area contributed by atoms with E-state index in [-0.39, 0.29) is 18.0 Å². The van der Waals surface area contributed by atoms with Gasteiger partial charge in [0.2, 0.25) is 0 Å². The van der Waals surface area contributed by atoms with Gasteiger partial charge in [0.15, 0.2) is 5.78 Å². The molecule has 0 saturated heterocycles. The van der Waals surface area contributed by atoms with E-state index in [0.29, 0.717) is 12.0 Å². The molecule has 3 nitrogen and oxygen atoms in total. The van der Waals surface area contributed by atoms with Gasteiger partial charge in [0.25, 0.3) is 0 Å². The van der Waals surface area contributed by atoms with Crippen molar-refractivity contribution in [1.29, 1.82) is 0 Å². The average Bonchev–Trinajstić information content (AvgIpc) is 2.49. The minimum absolute atomic E-state index is 0.000556. The highest BCUT2D eigenvalue weighted by Gasteiger charge is 2.09. The van der Waals surface area contributed by atoms with E-state index in [9.17, 15) is 13.2 Å². The van der Waals surface area contributed by atoms with Crippen LogP contribution in [-0.2, 0) is 9.84 Å². The molecule has 15 heavy (non-hydrogen) atoms. The SMILES string of the molecule is CS(=O)(=O)CCCC(=O)c1csc(Br)c1. The summed E-state index contributed by atoms with van der Waals surface area (Å²) in [5.74, 6) is 0.0740. The number of carbonyl (C=O) groups is 1. The summed E-state index contributed by atoms with van der Waals surface area (Å²) in [5.41, 5.74) is 0.653. The Balaban J connectivity index is 2.44. The van der Waals surface area contributed by atoms with Gasteiger partial charge in [-0.15, -0.1) is 11.3 Å². The first-order valence-corrected chi connectivity index (χ1v) is 8.07. The third kappa shape index (κ3) is 4.90. The van der Waals surface area contributed by atoms with Crippen LogP contribution in [0.15, 0.2) is 15.2 Å². The molecule has 0 saturated carbocycles. The Bertz CT molecular complexity index is 448. The number of thiophene rings is 1. The van der Waals surface area contributed by atoms with Gasteiger partial charge >= 0.3 is 0 Å². The van der Waals surface area contributed by atoms with Crippen molar-refractivity contribution in [2.75, 3.05) is 12.0 Å². The second-order valence-corrected chi connectivity index (χ2v) is 7.85. The molecule has 0 unspecified atom stereocenters. The fourth-order valence-corrected chi connectivity index (χ4v) is 2.93. The maximum absolute atomic E-state index is 11.5. The Morgan fingerprint density at radius 2 is 2.20 bits per heavy atom. The van der Waals surface area contributed by atoms with Crippen LogP contribution in [0.1, 0.15) is 23.2 Å². The van der Waals surface area contributed by atoms with Crippen molar-refractivity contribution in [3.8, 4) is 0 Å². The first-order chi connectivity index (χ1) is 6.88. The van der Waals surface area contributed by atoms with Crippen molar-refractivity contribution >= 4 is 42.9 Å². The molecule has 0 aliphatic heterocycles. The van der Waals surface area contributed by atoms with Gasteiger partial charge in [-0.1, -0.05) is 0 Å². The van der Waals surface area contributed by atoms with Crippen LogP contribution in [-0.4, -0.2) is 26.2 Å². The predicted molar refractivity (Wildman–Crippen MR) is 65.3 cm³/mol. The van der Waals surface area contributed by atoms with E-state index in [4.69, 9.17) is 0 Å². The smallest absolute Gasteiger partial charge is 0.163 e. The van der Waals surface area contributed by atoms with E-state index in [1.54, 1.807) is 11.4 Å². The highest BCUT2D eigenvalue weighted by atomic mass is 79.9. The van der Waals surface area contributed by atoms with Crippen LogP contribution in [0.3, 0.4) is 0 Å². The fourth-order valence-electron chi connectivity index (χ4n) is 1.10. The zero-order valence-corrected chi connectivity index (χ0v) is 11.4. The highest BCUT2D eigenvalue weighted by molar-refractivity contribution is 9.11. The molecule has 84 valence electrons. The molecule has 6 heteroatoms. The lowest BCUT2D eigenvalue weighted by Crippen LogP contribution is -2.06. The van der Waals surface area contributed by atoms with E-state index in [2.05, 4.69) is 15.9 Å². The van der Waals surface area contributed by atoms with Gasteiger partial charge in [-0.2, -0.15) is 0 Å². The second-order valence-electron chi connectivity index (χ2n) is 3.30. The molecular weight excluding hydrogens is 300 g/mol. The van der Waals surface area contributed by atoms with Crippen LogP contribution < -0.4 is 0 Å². The summed E-state index contributed by atoms with van der Waals surface area (Å²) in [6, 6.07) is 1.76. The van der Waals surface area contributed by atoms with Crippen molar-refractivity contribution in [2.24, 2.45) is 0 Å². The van der Waals surface area contributed by atoms with Gasteiger partial charge in [0, 0.05) is 23.6 Å². The molecular formula is C9H11BrO3S2. The topological polar surface area (TPSA) is 51.2 Å². The molecule has 0 fully saturated rings.